The van der Waals surface area contributed by atoms with Gasteiger partial charge in [-0.25, -0.2) is 0 Å². The van der Waals surface area contributed by atoms with Gasteiger partial charge in [-0.2, -0.15) is 4.89 Å². The lowest BCUT2D eigenvalue weighted by Crippen LogP contribution is -2.37. The molecule has 0 bridgehead atoms. The number of Topliss-reactive ketones (excluding diaryl/α,β-unsaturated/α-hetero) is 1. The highest BCUT2D eigenvalue weighted by atomic mass is 17.2. The van der Waals surface area contributed by atoms with Crippen molar-refractivity contribution in [2.45, 2.75) is 78.4 Å². The van der Waals surface area contributed by atoms with E-state index in [4.69, 9.17) is 14.5 Å². The molecule has 6 nitrogen and oxygen atoms in total. The van der Waals surface area contributed by atoms with Crippen LogP contribution >= 0.6 is 0 Å². The molecule has 1 aliphatic carbocycles. The highest BCUT2D eigenvalue weighted by Crippen LogP contribution is 2.44. The third-order valence-electron chi connectivity index (χ3n) is 7.94. The first kappa shape index (κ1) is 33.9. The molecule has 232 valence electrons. The Labute approximate surface area is 259 Å². The van der Waals surface area contributed by atoms with Crippen molar-refractivity contribution >= 4 is 11.5 Å². The summed E-state index contributed by atoms with van der Waals surface area (Å²) < 4.78 is 5.30. The number of anilines is 1. The van der Waals surface area contributed by atoms with Crippen molar-refractivity contribution in [1.29, 1.82) is 0 Å². The van der Waals surface area contributed by atoms with Gasteiger partial charge in [-0.15, -0.1) is 0 Å². The fourth-order valence-corrected chi connectivity index (χ4v) is 6.11. The van der Waals surface area contributed by atoms with Gasteiger partial charge in [-0.05, 0) is 91.7 Å². The summed E-state index contributed by atoms with van der Waals surface area (Å²) in [5, 5.41) is 0. The molecule has 3 aromatic carbocycles. The second-order valence-corrected chi connectivity index (χ2v) is 12.1. The van der Waals surface area contributed by atoms with Crippen LogP contribution in [0, 0.1) is 6.92 Å². The van der Waals surface area contributed by atoms with Crippen LogP contribution in [0.25, 0.3) is 0 Å². The van der Waals surface area contributed by atoms with Crippen LogP contribution in [0.15, 0.2) is 83.9 Å². The standard InChI is InChI=1S/C30H42N2O4.C7H8/c1-19(2)32(20(3)4)24-12-15-26(28(18-24)36-35-9)30(31(6)7)29-21(5)16-23(17-27(29)33)22-10-13-25(34-8)14-11-22;1-7-5-3-2-4-6-7/h10-15,18-20,23,30H,16-17H2,1-9H3;2-6H,1H3. The number of methoxy groups -OCH3 is 1. The summed E-state index contributed by atoms with van der Waals surface area (Å²) in [6.07, 6.45) is 1.32. The van der Waals surface area contributed by atoms with E-state index in [1.54, 1.807) is 7.11 Å². The molecule has 0 aromatic heterocycles. The van der Waals surface area contributed by atoms with Crippen molar-refractivity contribution in [2.24, 2.45) is 0 Å². The number of rotatable bonds is 10. The number of ether oxygens (including phenoxy) is 1. The third kappa shape index (κ3) is 8.71. The minimum atomic E-state index is -0.236. The number of ketones is 1. The zero-order valence-corrected chi connectivity index (χ0v) is 27.7. The van der Waals surface area contributed by atoms with Crippen molar-refractivity contribution in [3.8, 4) is 11.5 Å². The first-order chi connectivity index (χ1) is 20.5. The van der Waals surface area contributed by atoms with Gasteiger partial charge in [-0.3, -0.25) is 9.69 Å². The van der Waals surface area contributed by atoms with Gasteiger partial charge in [0.05, 0.1) is 20.3 Å². The maximum Gasteiger partial charge on any atom is 0.172 e. The maximum absolute atomic E-state index is 13.7. The Balaban J connectivity index is 0.000000633. The Hall–Kier alpha value is -3.61. The van der Waals surface area contributed by atoms with E-state index in [1.807, 2.05) is 50.5 Å². The first-order valence-electron chi connectivity index (χ1n) is 15.2. The van der Waals surface area contributed by atoms with Crippen LogP contribution in [0.1, 0.15) is 76.1 Å². The number of benzene rings is 3. The Morgan fingerprint density at radius 2 is 1.44 bits per heavy atom. The topological polar surface area (TPSA) is 51.2 Å². The van der Waals surface area contributed by atoms with Gasteiger partial charge in [-0.1, -0.05) is 59.7 Å². The number of nitrogens with zero attached hydrogens (tertiary/aromatic N) is 2. The summed E-state index contributed by atoms with van der Waals surface area (Å²) in [7, 11) is 7.19. The molecule has 0 fully saturated rings. The summed E-state index contributed by atoms with van der Waals surface area (Å²) in [5.74, 6) is 1.80. The largest absolute Gasteiger partial charge is 0.497 e. The zero-order valence-electron chi connectivity index (χ0n) is 27.7. The van der Waals surface area contributed by atoms with Crippen LogP contribution < -0.4 is 14.5 Å². The number of allylic oxidation sites excluding steroid dienone is 1. The molecule has 0 heterocycles. The molecule has 0 radical (unpaired) electrons. The molecule has 0 saturated carbocycles. The molecule has 3 aromatic rings. The normalized spacial score (nSPS) is 15.8. The van der Waals surface area contributed by atoms with Crippen LogP contribution in [0.2, 0.25) is 0 Å². The van der Waals surface area contributed by atoms with Crippen molar-refractivity contribution in [1.82, 2.24) is 4.90 Å². The Bertz CT molecular complexity index is 1340. The average Bonchev–Trinajstić information content (AvgIpc) is 2.96. The molecule has 4 rings (SSSR count). The molecule has 0 spiro atoms. The molecule has 0 saturated heterocycles. The summed E-state index contributed by atoms with van der Waals surface area (Å²) in [6, 6.07) is 25.0. The highest BCUT2D eigenvalue weighted by Gasteiger charge is 2.35. The summed E-state index contributed by atoms with van der Waals surface area (Å²) in [6.45, 7) is 12.9. The van der Waals surface area contributed by atoms with Crippen molar-refractivity contribution in [3.63, 3.8) is 0 Å². The fraction of sp³-hybridized carbons (Fsp3) is 0.432. The van der Waals surface area contributed by atoms with E-state index in [0.717, 1.165) is 34.6 Å². The number of likely N-dealkylation sites (N-methyl/N-ethyl adjacent to an activating group) is 1. The number of carbonyl (C=O) groups excluding carboxylic acids is 1. The number of hydrogen-bond donors (Lipinski definition) is 0. The van der Waals surface area contributed by atoms with Crippen LogP contribution in [-0.2, 0) is 9.68 Å². The van der Waals surface area contributed by atoms with E-state index in [-0.39, 0.29) is 17.7 Å². The van der Waals surface area contributed by atoms with E-state index >= 15 is 0 Å². The third-order valence-corrected chi connectivity index (χ3v) is 7.94. The molecular formula is C37H50N2O4. The number of aryl methyl sites for hydroxylation is 1. The van der Waals surface area contributed by atoms with Crippen molar-refractivity contribution in [3.05, 3.63) is 101 Å². The summed E-state index contributed by atoms with van der Waals surface area (Å²) in [5.41, 5.74) is 6.44. The van der Waals surface area contributed by atoms with Gasteiger partial charge in [0.2, 0.25) is 0 Å². The predicted molar refractivity (Wildman–Crippen MR) is 177 cm³/mol. The van der Waals surface area contributed by atoms with Crippen LogP contribution in [0.4, 0.5) is 5.69 Å². The van der Waals surface area contributed by atoms with Crippen LogP contribution in [0.5, 0.6) is 11.5 Å². The fourth-order valence-electron chi connectivity index (χ4n) is 6.11. The van der Waals surface area contributed by atoms with Crippen LogP contribution in [-0.4, -0.2) is 51.1 Å². The monoisotopic (exact) mass is 586 g/mol. The summed E-state index contributed by atoms with van der Waals surface area (Å²) in [4.78, 5) is 28.9. The molecule has 0 aliphatic heterocycles. The van der Waals surface area contributed by atoms with Crippen LogP contribution in [0.3, 0.4) is 0 Å². The highest BCUT2D eigenvalue weighted by molar-refractivity contribution is 5.99. The first-order valence-corrected chi connectivity index (χ1v) is 15.2. The van der Waals surface area contributed by atoms with E-state index in [0.29, 0.717) is 24.3 Å². The number of hydrogen-bond acceptors (Lipinski definition) is 6. The maximum atomic E-state index is 13.7. The number of carbonyl (C=O) groups is 1. The van der Waals surface area contributed by atoms with E-state index in [9.17, 15) is 4.79 Å². The van der Waals surface area contributed by atoms with E-state index < -0.39 is 0 Å². The van der Waals surface area contributed by atoms with Crippen molar-refractivity contribution < 1.29 is 19.3 Å². The lowest BCUT2D eigenvalue weighted by molar-refractivity contribution is -0.179. The average molecular weight is 587 g/mol. The van der Waals surface area contributed by atoms with Gasteiger partial charge in [0, 0.05) is 41.4 Å². The molecule has 0 N–H and O–H groups in total. The SMILES string of the molecule is COOc1cc(N(C(C)C)C(C)C)ccc1C(C1=C(C)CC(c2ccc(OC)cc2)CC1=O)N(C)C.Cc1ccccc1. The minimum absolute atomic E-state index is 0.165. The quantitative estimate of drug-likeness (QED) is 0.176. The van der Waals surface area contributed by atoms with Crippen molar-refractivity contribution in [2.75, 3.05) is 33.2 Å². The summed E-state index contributed by atoms with van der Waals surface area (Å²) >= 11 is 0. The van der Waals surface area contributed by atoms with Gasteiger partial charge in [0.15, 0.2) is 11.5 Å². The molecule has 2 atom stereocenters. The molecule has 43 heavy (non-hydrogen) atoms. The van der Waals surface area contributed by atoms with Gasteiger partial charge in [0.25, 0.3) is 0 Å². The zero-order chi connectivity index (χ0) is 31.7. The lowest BCUT2D eigenvalue weighted by Gasteiger charge is -2.35. The molecule has 1 aliphatic rings. The second kappa shape index (κ2) is 15.7. The lowest BCUT2D eigenvalue weighted by atomic mass is 9.76. The van der Waals surface area contributed by atoms with Gasteiger partial charge < -0.3 is 14.5 Å². The predicted octanol–water partition coefficient (Wildman–Crippen LogP) is 8.32. The molecular weight excluding hydrogens is 536 g/mol. The van der Waals surface area contributed by atoms with E-state index in [1.165, 1.54) is 18.2 Å². The van der Waals surface area contributed by atoms with Gasteiger partial charge in [0.1, 0.15) is 5.75 Å². The van der Waals surface area contributed by atoms with Gasteiger partial charge >= 0.3 is 0 Å². The second-order valence-electron chi connectivity index (χ2n) is 12.1. The van der Waals surface area contributed by atoms with E-state index in [2.05, 4.69) is 87.7 Å². The smallest absolute Gasteiger partial charge is 0.172 e. The Morgan fingerprint density at radius 3 is 1.91 bits per heavy atom. The Kier molecular flexibility index (Phi) is 12.4. The molecule has 2 unspecified atom stereocenters. The minimum Gasteiger partial charge on any atom is -0.497 e. The Morgan fingerprint density at radius 1 is 0.814 bits per heavy atom. The molecule has 0 amide bonds. The molecule has 6 heteroatoms.